The summed E-state index contributed by atoms with van der Waals surface area (Å²) in [7, 11) is 0. The normalized spacial score (nSPS) is 13.4. The number of aromatic nitrogens is 4. The highest BCUT2D eigenvalue weighted by atomic mass is 35.5. The molecule has 1 atom stereocenters. The minimum absolute atomic E-state index is 0. The van der Waals surface area contributed by atoms with Crippen LogP contribution in [0.3, 0.4) is 0 Å². The van der Waals surface area contributed by atoms with Gasteiger partial charge in [-0.2, -0.15) is 4.98 Å². The van der Waals surface area contributed by atoms with Crippen LogP contribution < -0.4 is 10.5 Å². The lowest BCUT2D eigenvalue weighted by atomic mass is 9.87. The second-order valence-corrected chi connectivity index (χ2v) is 7.96. The van der Waals surface area contributed by atoms with E-state index in [1.54, 1.807) is 18.3 Å². The number of hydrogen-bond donors (Lipinski definition) is 2. The number of benzene rings is 1. The smallest absolute Gasteiger partial charge is 0.283 e. The first-order valence-corrected chi connectivity index (χ1v) is 10.2. The zero-order chi connectivity index (χ0) is 23.8. The van der Waals surface area contributed by atoms with E-state index in [1.807, 2.05) is 0 Å². The summed E-state index contributed by atoms with van der Waals surface area (Å²) in [6, 6.07) is 10.6. The van der Waals surface area contributed by atoms with Crippen LogP contribution in [0.25, 0.3) is 16.9 Å². The first kappa shape index (κ1) is 25.3. The van der Waals surface area contributed by atoms with Crippen molar-refractivity contribution in [1.29, 1.82) is 0 Å². The van der Waals surface area contributed by atoms with E-state index in [0.29, 0.717) is 21.9 Å². The summed E-state index contributed by atoms with van der Waals surface area (Å²) in [5.74, 6) is -3.95. The van der Waals surface area contributed by atoms with E-state index in [0.717, 1.165) is 31.2 Å². The minimum atomic E-state index is -3.56. The first-order chi connectivity index (χ1) is 15.6. The largest absolute Gasteiger partial charge is 0.477 e. The fourth-order valence-corrected chi connectivity index (χ4v) is 3.48. The molecule has 0 aliphatic carbocycles. The van der Waals surface area contributed by atoms with Gasteiger partial charge in [0.2, 0.25) is 11.8 Å². The Hall–Kier alpha value is -3.37. The summed E-state index contributed by atoms with van der Waals surface area (Å²) < 4.78 is 49.5. The Morgan fingerprint density at radius 3 is 2.53 bits per heavy atom. The first-order valence-electron chi connectivity index (χ1n) is 9.85. The van der Waals surface area contributed by atoms with Crippen molar-refractivity contribution in [3.63, 3.8) is 0 Å². The number of nitrogen functional groups attached to an aromatic ring is 1. The molecular weight excluding hydrogens is 471 g/mol. The molecule has 0 saturated carbocycles. The number of fused-ring (bicyclic) bond motifs is 1. The highest BCUT2D eigenvalue weighted by molar-refractivity contribution is 6.33. The van der Waals surface area contributed by atoms with E-state index in [1.165, 1.54) is 16.6 Å². The van der Waals surface area contributed by atoms with Crippen LogP contribution in [0.1, 0.15) is 26.3 Å². The van der Waals surface area contributed by atoms with Crippen molar-refractivity contribution in [1.82, 2.24) is 19.6 Å². The number of alkyl halides is 2. The number of anilines is 1. The molecule has 0 aliphatic rings. The summed E-state index contributed by atoms with van der Waals surface area (Å²) in [5.41, 5.74) is 4.43. The summed E-state index contributed by atoms with van der Waals surface area (Å²) in [5, 5.41) is 14.8. The van der Waals surface area contributed by atoms with Gasteiger partial charge in [0.25, 0.3) is 5.92 Å². The monoisotopic (exact) mass is 493 g/mol. The minimum Gasteiger partial charge on any atom is -0.477 e. The van der Waals surface area contributed by atoms with E-state index >= 15 is 0 Å². The van der Waals surface area contributed by atoms with Crippen molar-refractivity contribution in [3.05, 3.63) is 71.1 Å². The molecule has 11 heteroatoms. The van der Waals surface area contributed by atoms with E-state index in [2.05, 4.69) is 15.1 Å². The zero-order valence-electron chi connectivity index (χ0n) is 17.3. The Bertz CT molecular complexity index is 1300. The number of pyridine rings is 2. The van der Waals surface area contributed by atoms with Crippen LogP contribution >= 0.6 is 11.6 Å². The van der Waals surface area contributed by atoms with Gasteiger partial charge in [-0.3, -0.25) is 0 Å². The predicted molar refractivity (Wildman–Crippen MR) is 123 cm³/mol. The van der Waals surface area contributed by atoms with Gasteiger partial charge in [0.15, 0.2) is 11.2 Å². The van der Waals surface area contributed by atoms with Crippen molar-refractivity contribution < 1.29 is 23.0 Å². The fraction of sp³-hybridized carbons (Fsp3) is 0.261. The lowest BCUT2D eigenvalue weighted by Crippen LogP contribution is -2.43. The lowest BCUT2D eigenvalue weighted by Gasteiger charge is -2.33. The van der Waals surface area contributed by atoms with Crippen LogP contribution in [0.15, 0.2) is 54.7 Å². The molecular formula is C23H23ClF3N5O2. The summed E-state index contributed by atoms with van der Waals surface area (Å²) >= 11 is 6.27. The van der Waals surface area contributed by atoms with Gasteiger partial charge >= 0.3 is 0 Å². The molecule has 180 valence electrons. The number of aliphatic hydroxyl groups is 1. The highest BCUT2D eigenvalue weighted by Gasteiger charge is 2.49. The van der Waals surface area contributed by atoms with Gasteiger partial charge in [0.05, 0.1) is 17.3 Å². The third kappa shape index (κ3) is 4.92. The summed E-state index contributed by atoms with van der Waals surface area (Å²) in [4.78, 5) is 8.39. The van der Waals surface area contributed by atoms with Crippen molar-refractivity contribution in [2.75, 3.05) is 12.3 Å². The Labute approximate surface area is 199 Å². The van der Waals surface area contributed by atoms with Gasteiger partial charge in [-0.1, -0.05) is 31.2 Å². The third-order valence-corrected chi connectivity index (χ3v) is 5.54. The van der Waals surface area contributed by atoms with Crippen LogP contribution in [0, 0.1) is 5.82 Å². The molecule has 1 aromatic carbocycles. The predicted octanol–water partition coefficient (Wildman–Crippen LogP) is 5.11. The van der Waals surface area contributed by atoms with Crippen LogP contribution in [0.4, 0.5) is 19.1 Å². The van der Waals surface area contributed by atoms with Crippen LogP contribution in [-0.4, -0.2) is 37.2 Å². The molecule has 0 aliphatic heterocycles. The quantitative estimate of drug-likeness (QED) is 0.371. The summed E-state index contributed by atoms with van der Waals surface area (Å²) in [6.07, 6.45) is 0.833. The van der Waals surface area contributed by atoms with Crippen molar-refractivity contribution in [2.45, 2.75) is 32.3 Å². The average Bonchev–Trinajstić information content (AvgIpc) is 3.14. The topological polar surface area (TPSA) is 98.6 Å². The van der Waals surface area contributed by atoms with Crippen LogP contribution in [-0.2, 0) is 5.60 Å². The van der Waals surface area contributed by atoms with E-state index < -0.39 is 30.4 Å². The third-order valence-electron chi connectivity index (χ3n) is 5.23. The molecule has 1 unspecified atom stereocenters. The SMILES string of the molecule is C.CC(O)(c1ccc(F)cc1)C(F)(F)CCOc1ccc(Cl)c(-c2ccn3nc(N)nc3c2)n1. The molecule has 0 spiro atoms. The average molecular weight is 494 g/mol. The number of nitrogens with two attached hydrogens (primary N) is 1. The van der Waals surface area contributed by atoms with Gasteiger partial charge in [-0.25, -0.2) is 22.7 Å². The molecule has 0 fully saturated rings. The van der Waals surface area contributed by atoms with Gasteiger partial charge < -0.3 is 15.6 Å². The van der Waals surface area contributed by atoms with E-state index in [-0.39, 0.29) is 24.8 Å². The molecule has 3 N–H and O–H groups in total. The number of ether oxygens (including phenoxy) is 1. The fourth-order valence-electron chi connectivity index (χ4n) is 3.27. The van der Waals surface area contributed by atoms with Gasteiger partial charge in [0.1, 0.15) is 5.82 Å². The molecule has 4 rings (SSSR count). The maximum Gasteiger partial charge on any atom is 0.283 e. The maximum atomic E-state index is 14.8. The Morgan fingerprint density at radius 1 is 1.12 bits per heavy atom. The number of rotatable bonds is 7. The van der Waals surface area contributed by atoms with Crippen molar-refractivity contribution in [3.8, 4) is 17.1 Å². The Morgan fingerprint density at radius 2 is 1.82 bits per heavy atom. The van der Waals surface area contributed by atoms with Gasteiger partial charge in [-0.15, -0.1) is 5.10 Å². The second kappa shape index (κ2) is 9.47. The molecule has 34 heavy (non-hydrogen) atoms. The standard InChI is InChI=1S/C22H19ClF3N5O2.CH4/c1-21(32,14-2-4-15(24)5-3-14)22(25,26)9-11-33-18-7-6-16(23)19(29-18)13-8-10-31-17(12-13)28-20(27)30-31;/h2-8,10,12,32H,9,11H2,1H3,(H2,27,30);1H4. The van der Waals surface area contributed by atoms with E-state index in [4.69, 9.17) is 22.1 Å². The van der Waals surface area contributed by atoms with E-state index in [9.17, 15) is 18.3 Å². The maximum absolute atomic E-state index is 14.8. The van der Waals surface area contributed by atoms with Crippen molar-refractivity contribution in [2.24, 2.45) is 0 Å². The molecule has 3 heterocycles. The molecule has 0 amide bonds. The number of nitrogens with zero attached hydrogens (tertiary/aromatic N) is 4. The molecule has 3 aromatic heterocycles. The van der Waals surface area contributed by atoms with Gasteiger partial charge in [0, 0.05) is 24.2 Å². The van der Waals surface area contributed by atoms with Crippen molar-refractivity contribution >= 4 is 23.2 Å². The zero-order valence-corrected chi connectivity index (χ0v) is 18.1. The van der Waals surface area contributed by atoms with Crippen LogP contribution in [0.2, 0.25) is 5.02 Å². The summed E-state index contributed by atoms with van der Waals surface area (Å²) in [6.45, 7) is 0.546. The number of hydrogen-bond acceptors (Lipinski definition) is 6. The number of halogens is 4. The molecule has 4 aromatic rings. The molecule has 0 bridgehead atoms. The molecule has 0 radical (unpaired) electrons. The van der Waals surface area contributed by atoms with Gasteiger partial charge in [-0.05, 0) is 42.8 Å². The van der Waals surface area contributed by atoms with Crippen LogP contribution in [0.5, 0.6) is 5.88 Å². The highest BCUT2D eigenvalue weighted by Crippen LogP contribution is 2.40. The molecule has 7 nitrogen and oxygen atoms in total. The second-order valence-electron chi connectivity index (χ2n) is 7.55. The Kier molecular flexibility index (Phi) is 7.04. The molecule has 0 saturated heterocycles. The Balaban J connectivity index is 0.00000324. The lowest BCUT2D eigenvalue weighted by molar-refractivity contribution is -0.184.